The Hall–Kier alpha value is -7.04. The summed E-state index contributed by atoms with van der Waals surface area (Å²) in [5.74, 6) is 1.22. The Bertz CT molecular complexity index is 2950. The number of ether oxygens (including phenoxy) is 12. The molecule has 0 saturated carbocycles. The lowest BCUT2D eigenvalue weighted by molar-refractivity contribution is -0.346. The van der Waals surface area contributed by atoms with Gasteiger partial charge in [0.15, 0.2) is 6.29 Å². The lowest BCUT2D eigenvalue weighted by atomic mass is 9.96. The molecule has 80 heavy (non-hydrogen) atoms. The van der Waals surface area contributed by atoms with Crippen LogP contribution >= 0.6 is 0 Å². The van der Waals surface area contributed by atoms with Crippen molar-refractivity contribution < 1.29 is 56.8 Å². The van der Waals surface area contributed by atoms with Crippen LogP contribution in [0.3, 0.4) is 0 Å². The third kappa shape index (κ3) is 16.3. The maximum atomic E-state index is 7.19. The van der Waals surface area contributed by atoms with Gasteiger partial charge in [0.25, 0.3) is 0 Å². The van der Waals surface area contributed by atoms with Crippen molar-refractivity contribution in [3.8, 4) is 11.5 Å². The second-order valence-corrected chi connectivity index (χ2v) is 19.8. The highest BCUT2D eigenvalue weighted by atomic mass is 16.8. The van der Waals surface area contributed by atoms with Gasteiger partial charge >= 0.3 is 0 Å². The smallest absolute Gasteiger partial charge is 0.229 e. The van der Waals surface area contributed by atoms with E-state index in [4.69, 9.17) is 56.8 Å². The monoisotopic (exact) mass is 1080 g/mol. The molecule has 12 heteroatoms. The highest BCUT2D eigenvalue weighted by Crippen LogP contribution is 2.36. The molecule has 0 unspecified atom stereocenters. The predicted molar refractivity (Wildman–Crippen MR) is 303 cm³/mol. The van der Waals surface area contributed by atoms with Gasteiger partial charge in [-0.2, -0.15) is 0 Å². The Labute approximate surface area is 469 Å². The summed E-state index contributed by atoms with van der Waals surface area (Å²) < 4.78 is 82.6. The third-order valence-electron chi connectivity index (χ3n) is 14.0. The van der Waals surface area contributed by atoms with E-state index in [0.29, 0.717) is 18.1 Å². The molecule has 0 N–H and O–H groups in total. The van der Waals surface area contributed by atoms with Gasteiger partial charge < -0.3 is 56.8 Å². The molecule has 10 atom stereocenters. The quantitative estimate of drug-likeness (QED) is 0.0466. The molecule has 8 aromatic carbocycles. The summed E-state index contributed by atoms with van der Waals surface area (Å²) >= 11 is 0. The Morgan fingerprint density at radius 3 is 0.925 bits per heavy atom. The normalized spacial score (nSPS) is 22.8. The largest absolute Gasteiger partial charge is 0.497 e. The van der Waals surface area contributed by atoms with Crippen LogP contribution in [0.15, 0.2) is 237 Å². The first-order valence-electron chi connectivity index (χ1n) is 27.4. The molecule has 0 amide bonds. The molecule has 0 radical (unpaired) electrons. The molecule has 0 aliphatic carbocycles. The van der Waals surface area contributed by atoms with E-state index >= 15 is 0 Å². The summed E-state index contributed by atoms with van der Waals surface area (Å²) in [7, 11) is 1.63. The molecule has 2 heterocycles. The molecule has 0 spiro atoms. The molecule has 0 bridgehead atoms. The molecule has 12 nitrogen and oxygen atoms in total. The number of benzene rings is 8. The molecule has 2 aliphatic rings. The van der Waals surface area contributed by atoms with Crippen LogP contribution < -0.4 is 9.47 Å². The number of hydrogen-bond acceptors (Lipinski definition) is 12. The number of rotatable bonds is 28. The summed E-state index contributed by atoms with van der Waals surface area (Å²) in [6, 6.07) is 77.7. The van der Waals surface area contributed by atoms with E-state index in [9.17, 15) is 0 Å². The first kappa shape index (κ1) is 56.2. The fraction of sp³-hybridized carbons (Fsp3) is 0.294. The summed E-state index contributed by atoms with van der Waals surface area (Å²) in [5, 5.41) is 0. The van der Waals surface area contributed by atoms with Crippen molar-refractivity contribution in [3.05, 3.63) is 276 Å². The zero-order valence-electron chi connectivity index (χ0n) is 45.1. The van der Waals surface area contributed by atoms with Gasteiger partial charge in [0, 0.05) is 0 Å². The van der Waals surface area contributed by atoms with Crippen molar-refractivity contribution in [3.63, 3.8) is 0 Å². The first-order chi connectivity index (χ1) is 39.6. The maximum absolute atomic E-state index is 7.19. The highest BCUT2D eigenvalue weighted by Gasteiger charge is 2.53. The Balaban J connectivity index is 1.02. The molecule has 2 fully saturated rings. The molecule has 8 aromatic rings. The zero-order chi connectivity index (χ0) is 54.4. The van der Waals surface area contributed by atoms with Gasteiger partial charge in [-0.3, -0.25) is 0 Å². The van der Waals surface area contributed by atoms with Crippen molar-refractivity contribution in [2.75, 3.05) is 20.3 Å². The lowest BCUT2D eigenvalue weighted by Gasteiger charge is -2.48. The standard InChI is InChI=1S/C68H70O12/c1-69-57-37-39-58(40-38-57)78-68-66(76-47-56-35-21-8-22-36-56)64(74-45-54-31-17-6-18-32-54)62(72-43-52-27-13-4-14-28-52)60(80-68)49-77-67-65(75-46-55-33-19-7-20-34-55)63(73-44-53-29-15-5-16-30-53)61(71-42-51-25-11-3-12-26-51)59(79-67)48-70-41-50-23-9-2-10-24-50/h2-40,59-68H,41-49H2,1H3/t59-,60-,61-,62-,63+,64+,65-,66-,67-,68+/m1/s1. The average molecular weight is 1080 g/mol. The van der Waals surface area contributed by atoms with Gasteiger partial charge in [-0.25, -0.2) is 0 Å². The summed E-state index contributed by atoms with van der Waals surface area (Å²) in [4.78, 5) is 0. The maximum Gasteiger partial charge on any atom is 0.229 e. The van der Waals surface area contributed by atoms with Crippen molar-refractivity contribution in [1.29, 1.82) is 0 Å². The summed E-state index contributed by atoms with van der Waals surface area (Å²) in [6.45, 7) is 1.97. The average Bonchev–Trinajstić information content (AvgIpc) is 3.60. The van der Waals surface area contributed by atoms with Gasteiger partial charge in [0.2, 0.25) is 6.29 Å². The van der Waals surface area contributed by atoms with Crippen molar-refractivity contribution in [2.24, 2.45) is 0 Å². The minimum atomic E-state index is -1.04. The topological polar surface area (TPSA) is 111 Å². The van der Waals surface area contributed by atoms with Gasteiger partial charge in [-0.1, -0.05) is 212 Å². The van der Waals surface area contributed by atoms with E-state index in [1.165, 1.54) is 0 Å². The van der Waals surface area contributed by atoms with E-state index in [1.807, 2.05) is 237 Å². The molecule has 414 valence electrons. The van der Waals surface area contributed by atoms with Crippen LogP contribution in [0, 0.1) is 0 Å². The summed E-state index contributed by atoms with van der Waals surface area (Å²) in [5.41, 5.74) is 6.88. The molecular formula is C68H70O12. The van der Waals surface area contributed by atoms with Gasteiger partial charge in [0.1, 0.15) is 60.3 Å². The second kappa shape index (κ2) is 30.0. The molecule has 10 rings (SSSR count). The molecular weight excluding hydrogens is 1010 g/mol. The molecule has 2 saturated heterocycles. The van der Waals surface area contributed by atoms with E-state index in [1.54, 1.807) is 7.11 Å². The SMILES string of the molecule is COc1ccc(O[C@H]2O[C@H](CO[C@@H]3O[C@H](COCc4ccccc4)[C@@H](OCc4ccccc4)[C@H](OCc4ccccc4)[C@H]3OCc3ccccc3)[C@@H](OCc3ccccc3)[C@H](OCc3ccccc3)[C@H]2OCc2ccccc2)cc1. The Morgan fingerprint density at radius 2 is 0.562 bits per heavy atom. The molecule has 2 aliphatic heterocycles. The zero-order valence-corrected chi connectivity index (χ0v) is 45.1. The van der Waals surface area contributed by atoms with Crippen LogP contribution in [0.4, 0.5) is 0 Å². The lowest BCUT2D eigenvalue weighted by Crippen LogP contribution is -2.64. The van der Waals surface area contributed by atoms with Crippen molar-refractivity contribution in [1.82, 2.24) is 0 Å². The van der Waals surface area contributed by atoms with Crippen LogP contribution in [0.5, 0.6) is 11.5 Å². The van der Waals surface area contributed by atoms with Crippen LogP contribution in [-0.4, -0.2) is 81.7 Å². The fourth-order valence-electron chi connectivity index (χ4n) is 9.83. The van der Waals surface area contributed by atoms with E-state index in [2.05, 4.69) is 0 Å². The van der Waals surface area contributed by atoms with Crippen LogP contribution in [0.25, 0.3) is 0 Å². The predicted octanol–water partition coefficient (Wildman–Crippen LogP) is 12.3. The highest BCUT2D eigenvalue weighted by molar-refractivity contribution is 5.31. The van der Waals surface area contributed by atoms with E-state index in [0.717, 1.165) is 38.9 Å². The minimum Gasteiger partial charge on any atom is -0.497 e. The van der Waals surface area contributed by atoms with Crippen LogP contribution in [-0.2, 0) is 93.6 Å². The second-order valence-electron chi connectivity index (χ2n) is 19.8. The first-order valence-corrected chi connectivity index (χ1v) is 27.4. The Kier molecular flexibility index (Phi) is 21.1. The van der Waals surface area contributed by atoms with Crippen LogP contribution in [0.2, 0.25) is 0 Å². The minimum absolute atomic E-state index is 0.0626. The van der Waals surface area contributed by atoms with Gasteiger partial charge in [-0.15, -0.1) is 0 Å². The fourth-order valence-corrected chi connectivity index (χ4v) is 9.83. The van der Waals surface area contributed by atoms with Gasteiger partial charge in [-0.05, 0) is 63.2 Å². The van der Waals surface area contributed by atoms with Crippen molar-refractivity contribution in [2.45, 2.75) is 108 Å². The number of methoxy groups -OCH3 is 1. The summed E-state index contributed by atoms with van der Waals surface area (Å²) in [6.07, 6.45) is -8.18. The Morgan fingerprint density at radius 1 is 0.275 bits per heavy atom. The van der Waals surface area contributed by atoms with E-state index in [-0.39, 0.29) is 52.9 Å². The molecule has 0 aromatic heterocycles. The van der Waals surface area contributed by atoms with Gasteiger partial charge in [0.05, 0.1) is 66.6 Å². The van der Waals surface area contributed by atoms with Crippen molar-refractivity contribution >= 4 is 0 Å². The van der Waals surface area contributed by atoms with E-state index < -0.39 is 61.4 Å². The number of hydrogen-bond donors (Lipinski definition) is 0. The third-order valence-corrected chi connectivity index (χ3v) is 14.0. The van der Waals surface area contributed by atoms with Crippen LogP contribution in [0.1, 0.15) is 38.9 Å².